The maximum Gasteiger partial charge on any atom is 0.252 e. The minimum absolute atomic E-state index is 0.0743. The monoisotopic (exact) mass is 453 g/mol. The van der Waals surface area contributed by atoms with E-state index in [-0.39, 0.29) is 5.91 Å². The van der Waals surface area contributed by atoms with Crippen molar-refractivity contribution in [1.29, 1.82) is 0 Å². The first-order valence-electron chi connectivity index (χ1n) is 9.80. The molecule has 3 aromatic rings. The number of halogens is 1. The first-order valence-corrected chi connectivity index (χ1v) is 10.6. The number of piperazine rings is 1. The van der Waals surface area contributed by atoms with Crippen molar-refractivity contribution in [2.24, 2.45) is 0 Å². The Labute approximate surface area is 179 Å². The molecule has 1 aliphatic heterocycles. The van der Waals surface area contributed by atoms with Crippen LogP contribution >= 0.6 is 15.9 Å². The van der Waals surface area contributed by atoms with E-state index in [9.17, 15) is 4.79 Å². The summed E-state index contributed by atoms with van der Waals surface area (Å²) >= 11 is 3.51. The summed E-state index contributed by atoms with van der Waals surface area (Å²) in [6, 6.07) is 11.5. The molecule has 150 valence electrons. The van der Waals surface area contributed by atoms with Crippen LogP contribution in [-0.4, -0.2) is 72.0 Å². The molecule has 2 aromatic heterocycles. The molecule has 0 bridgehead atoms. The first kappa shape index (κ1) is 19.9. The van der Waals surface area contributed by atoms with Gasteiger partial charge >= 0.3 is 0 Å². The number of likely N-dealkylation sites (N-methyl/N-ethyl adjacent to an activating group) is 1. The Hall–Kier alpha value is -2.35. The Morgan fingerprint density at radius 3 is 2.76 bits per heavy atom. The highest BCUT2D eigenvalue weighted by Crippen LogP contribution is 2.27. The number of aromatic nitrogens is 2. The van der Waals surface area contributed by atoms with Crippen LogP contribution in [0.2, 0.25) is 0 Å². The number of benzene rings is 1. The predicted molar refractivity (Wildman–Crippen MR) is 119 cm³/mol. The molecule has 0 aliphatic carbocycles. The Morgan fingerprint density at radius 2 is 2.00 bits per heavy atom. The van der Waals surface area contributed by atoms with E-state index in [1.165, 1.54) is 0 Å². The molecule has 7 heteroatoms. The summed E-state index contributed by atoms with van der Waals surface area (Å²) in [5, 5.41) is 3.93. The van der Waals surface area contributed by atoms with Crippen LogP contribution in [0.15, 0.2) is 53.3 Å². The third-order valence-corrected chi connectivity index (χ3v) is 5.78. The third-order valence-electron chi connectivity index (χ3n) is 5.28. The Balaban J connectivity index is 1.56. The highest BCUT2D eigenvalue weighted by Gasteiger charge is 2.16. The van der Waals surface area contributed by atoms with Crippen molar-refractivity contribution in [1.82, 2.24) is 25.1 Å². The minimum atomic E-state index is -0.0743. The predicted octanol–water partition coefficient (Wildman–Crippen LogP) is 3.04. The Morgan fingerprint density at radius 1 is 1.17 bits per heavy atom. The van der Waals surface area contributed by atoms with Crippen LogP contribution in [0, 0.1) is 0 Å². The smallest absolute Gasteiger partial charge is 0.252 e. The number of pyridine rings is 2. The maximum absolute atomic E-state index is 13.1. The summed E-state index contributed by atoms with van der Waals surface area (Å²) in [4.78, 5) is 26.7. The lowest BCUT2D eigenvalue weighted by atomic mass is 10.0. The van der Waals surface area contributed by atoms with E-state index in [0.29, 0.717) is 12.1 Å². The lowest BCUT2D eigenvalue weighted by Crippen LogP contribution is -2.46. The molecule has 1 saturated heterocycles. The van der Waals surface area contributed by atoms with E-state index in [2.05, 4.69) is 43.1 Å². The second-order valence-electron chi connectivity index (χ2n) is 7.36. The van der Waals surface area contributed by atoms with Crippen molar-refractivity contribution in [2.45, 2.75) is 0 Å². The standard InChI is InChI=1S/C22H24BrN5O/c1-27-9-11-28(12-10-27)8-7-25-22(29)19-14-21(16-3-2-6-24-15-16)26-20-5-4-17(23)13-18(19)20/h2-6,13-15H,7-12H2,1H3,(H,25,29). The van der Waals surface area contributed by atoms with Crippen molar-refractivity contribution in [3.05, 3.63) is 58.8 Å². The SMILES string of the molecule is CN1CCN(CCNC(=O)c2cc(-c3cccnc3)nc3ccc(Br)cc23)CC1. The van der Waals surface area contributed by atoms with E-state index in [0.717, 1.165) is 59.4 Å². The number of carbonyl (C=O) groups is 1. The molecule has 1 N–H and O–H groups in total. The van der Waals surface area contributed by atoms with E-state index >= 15 is 0 Å². The molecule has 29 heavy (non-hydrogen) atoms. The van der Waals surface area contributed by atoms with Crippen LogP contribution in [0.4, 0.5) is 0 Å². The molecule has 1 fully saturated rings. The largest absolute Gasteiger partial charge is 0.351 e. The average molecular weight is 454 g/mol. The second kappa shape index (κ2) is 8.98. The number of rotatable bonds is 5. The van der Waals surface area contributed by atoms with Gasteiger partial charge in [0.05, 0.1) is 16.8 Å². The highest BCUT2D eigenvalue weighted by atomic mass is 79.9. The molecule has 6 nitrogen and oxygen atoms in total. The van der Waals surface area contributed by atoms with Gasteiger partial charge in [-0.2, -0.15) is 0 Å². The van der Waals surface area contributed by atoms with Crippen LogP contribution in [0.1, 0.15) is 10.4 Å². The topological polar surface area (TPSA) is 61.4 Å². The Bertz CT molecular complexity index is 1000. The van der Waals surface area contributed by atoms with E-state index in [1.54, 1.807) is 12.4 Å². The molecular formula is C22H24BrN5O. The van der Waals surface area contributed by atoms with Gasteiger partial charge in [0.2, 0.25) is 0 Å². The fourth-order valence-corrected chi connectivity index (χ4v) is 3.90. The summed E-state index contributed by atoms with van der Waals surface area (Å²) in [6.07, 6.45) is 3.50. The maximum atomic E-state index is 13.1. The van der Waals surface area contributed by atoms with Crippen molar-refractivity contribution < 1.29 is 4.79 Å². The highest BCUT2D eigenvalue weighted by molar-refractivity contribution is 9.10. The van der Waals surface area contributed by atoms with Gasteiger partial charge in [0.15, 0.2) is 0 Å². The molecule has 3 heterocycles. The zero-order valence-electron chi connectivity index (χ0n) is 16.4. The number of nitrogens with zero attached hydrogens (tertiary/aromatic N) is 4. The zero-order valence-corrected chi connectivity index (χ0v) is 18.0. The van der Waals surface area contributed by atoms with Crippen LogP contribution in [0.5, 0.6) is 0 Å². The van der Waals surface area contributed by atoms with E-state index in [4.69, 9.17) is 4.98 Å². The first-order chi connectivity index (χ1) is 14.1. The normalized spacial score (nSPS) is 15.5. The van der Waals surface area contributed by atoms with Gasteiger partial charge in [-0.1, -0.05) is 15.9 Å². The molecule has 0 unspecified atom stereocenters. The fourth-order valence-electron chi connectivity index (χ4n) is 3.54. The minimum Gasteiger partial charge on any atom is -0.351 e. The summed E-state index contributed by atoms with van der Waals surface area (Å²) in [5.74, 6) is -0.0743. The molecule has 0 atom stereocenters. The summed E-state index contributed by atoms with van der Waals surface area (Å²) < 4.78 is 0.924. The van der Waals surface area contributed by atoms with Crippen LogP contribution < -0.4 is 5.32 Å². The van der Waals surface area contributed by atoms with Crippen molar-refractivity contribution >= 4 is 32.7 Å². The number of fused-ring (bicyclic) bond motifs is 1. The zero-order chi connectivity index (χ0) is 20.2. The van der Waals surface area contributed by atoms with Crippen LogP contribution in [0.25, 0.3) is 22.2 Å². The van der Waals surface area contributed by atoms with Gasteiger partial charge in [-0.15, -0.1) is 0 Å². The van der Waals surface area contributed by atoms with Crippen molar-refractivity contribution in [3.8, 4) is 11.3 Å². The number of hydrogen-bond acceptors (Lipinski definition) is 5. The number of carbonyl (C=O) groups excluding carboxylic acids is 1. The molecule has 0 radical (unpaired) electrons. The molecule has 1 aromatic carbocycles. The number of amides is 1. The van der Waals surface area contributed by atoms with Crippen molar-refractivity contribution in [3.63, 3.8) is 0 Å². The number of nitrogens with one attached hydrogen (secondary N) is 1. The second-order valence-corrected chi connectivity index (χ2v) is 8.27. The number of hydrogen-bond donors (Lipinski definition) is 1. The summed E-state index contributed by atoms with van der Waals surface area (Å²) in [6.45, 7) is 5.73. The Kier molecular flexibility index (Phi) is 6.18. The quantitative estimate of drug-likeness (QED) is 0.643. The van der Waals surface area contributed by atoms with Gasteiger partial charge in [-0.3, -0.25) is 14.7 Å². The lowest BCUT2D eigenvalue weighted by molar-refractivity contribution is 0.0942. The molecule has 1 aliphatic rings. The van der Waals surface area contributed by atoms with Gasteiger partial charge in [0, 0.05) is 67.1 Å². The van der Waals surface area contributed by atoms with Gasteiger partial charge in [-0.25, -0.2) is 4.98 Å². The van der Waals surface area contributed by atoms with E-state index in [1.807, 2.05) is 36.4 Å². The van der Waals surface area contributed by atoms with E-state index < -0.39 is 0 Å². The van der Waals surface area contributed by atoms with Crippen molar-refractivity contribution in [2.75, 3.05) is 46.3 Å². The summed E-state index contributed by atoms with van der Waals surface area (Å²) in [5.41, 5.74) is 3.06. The van der Waals surface area contributed by atoms with Gasteiger partial charge < -0.3 is 10.2 Å². The molecule has 0 spiro atoms. The fraction of sp³-hybridized carbons (Fsp3) is 0.318. The van der Waals surface area contributed by atoms with Crippen LogP contribution in [-0.2, 0) is 0 Å². The van der Waals surface area contributed by atoms with Crippen LogP contribution in [0.3, 0.4) is 0 Å². The molecular weight excluding hydrogens is 430 g/mol. The molecule has 1 amide bonds. The molecule has 0 saturated carbocycles. The van der Waals surface area contributed by atoms with Gasteiger partial charge in [0.1, 0.15) is 0 Å². The summed E-state index contributed by atoms with van der Waals surface area (Å²) in [7, 11) is 2.14. The molecule has 4 rings (SSSR count). The lowest BCUT2D eigenvalue weighted by Gasteiger charge is -2.32. The average Bonchev–Trinajstić information content (AvgIpc) is 2.75. The van der Waals surface area contributed by atoms with Gasteiger partial charge in [-0.05, 0) is 43.4 Å². The van der Waals surface area contributed by atoms with Gasteiger partial charge in [0.25, 0.3) is 5.91 Å². The third kappa shape index (κ3) is 4.80.